The van der Waals surface area contributed by atoms with E-state index in [0.29, 0.717) is 25.7 Å². The predicted molar refractivity (Wildman–Crippen MR) is 84.9 cm³/mol. The Hall–Kier alpha value is -2.25. The highest BCUT2D eigenvalue weighted by Gasteiger charge is 2.33. The monoisotopic (exact) mass is 352 g/mol. The topological polar surface area (TPSA) is 60.7 Å². The molecule has 0 bridgehead atoms. The Morgan fingerprint density at radius 1 is 1.16 bits per heavy atom. The molecule has 0 amide bonds. The quantitative estimate of drug-likeness (QED) is 0.832. The van der Waals surface area contributed by atoms with Crippen molar-refractivity contribution in [3.63, 3.8) is 0 Å². The Kier molecular flexibility index (Phi) is 4.62. The van der Waals surface area contributed by atoms with Crippen LogP contribution in [0.4, 0.5) is 13.2 Å². The van der Waals surface area contributed by atoms with Gasteiger partial charge in [-0.2, -0.15) is 13.2 Å². The van der Waals surface area contributed by atoms with Crippen LogP contribution in [0.1, 0.15) is 63.0 Å². The summed E-state index contributed by atoms with van der Waals surface area (Å²) in [5, 5.41) is 4.39. The van der Waals surface area contributed by atoms with Gasteiger partial charge in [-0.15, -0.1) is 5.10 Å². The van der Waals surface area contributed by atoms with E-state index < -0.39 is 11.9 Å². The molecule has 0 spiro atoms. The summed E-state index contributed by atoms with van der Waals surface area (Å²) in [6.45, 7) is 3.88. The number of carbonyl (C=O) groups excluding carboxylic acids is 1. The first-order valence-corrected chi connectivity index (χ1v) is 8.28. The molecule has 2 aromatic heterocycles. The highest BCUT2D eigenvalue weighted by atomic mass is 19.4. The fourth-order valence-electron chi connectivity index (χ4n) is 3.02. The molecule has 134 valence electrons. The standard InChI is InChI=1S/C17H19F3N4O/c1-10(2)24-16(11-6-8-12(25)9-7-11)22-15(23-24)13-4-3-5-14(21-13)17(18,19)20/h3-5,10-11H,6-9H2,1-2H3. The number of ketones is 1. The Morgan fingerprint density at radius 3 is 2.44 bits per heavy atom. The molecule has 0 aromatic carbocycles. The maximum atomic E-state index is 12.9. The van der Waals surface area contributed by atoms with Crippen molar-refractivity contribution in [3.8, 4) is 11.5 Å². The van der Waals surface area contributed by atoms with Gasteiger partial charge in [-0.05, 0) is 38.8 Å². The molecule has 0 N–H and O–H groups in total. The van der Waals surface area contributed by atoms with Crippen LogP contribution in [0.3, 0.4) is 0 Å². The lowest BCUT2D eigenvalue weighted by molar-refractivity contribution is -0.141. The summed E-state index contributed by atoms with van der Waals surface area (Å²) in [4.78, 5) is 19.6. The highest BCUT2D eigenvalue weighted by Crippen LogP contribution is 2.33. The molecule has 1 aliphatic carbocycles. The van der Waals surface area contributed by atoms with Crippen molar-refractivity contribution in [1.29, 1.82) is 0 Å². The highest BCUT2D eigenvalue weighted by molar-refractivity contribution is 5.79. The number of carbonyl (C=O) groups is 1. The van der Waals surface area contributed by atoms with E-state index in [1.165, 1.54) is 12.1 Å². The predicted octanol–water partition coefficient (Wildman–Crippen LogP) is 4.17. The molecule has 1 aliphatic rings. The van der Waals surface area contributed by atoms with E-state index in [9.17, 15) is 18.0 Å². The summed E-state index contributed by atoms with van der Waals surface area (Å²) >= 11 is 0. The molecule has 8 heteroatoms. The first kappa shape index (κ1) is 17.6. The zero-order valence-electron chi connectivity index (χ0n) is 14.0. The molecule has 1 fully saturated rings. The van der Waals surface area contributed by atoms with Crippen molar-refractivity contribution in [3.05, 3.63) is 29.7 Å². The third-order valence-electron chi connectivity index (χ3n) is 4.32. The second-order valence-electron chi connectivity index (χ2n) is 6.55. The number of rotatable bonds is 3. The van der Waals surface area contributed by atoms with Gasteiger partial charge in [0.2, 0.25) is 0 Å². The molecule has 2 aromatic rings. The normalized spacial score (nSPS) is 16.6. The summed E-state index contributed by atoms with van der Waals surface area (Å²) in [5.74, 6) is 1.24. The molecule has 0 saturated heterocycles. The van der Waals surface area contributed by atoms with Crippen LogP contribution < -0.4 is 0 Å². The fraction of sp³-hybridized carbons (Fsp3) is 0.529. The largest absolute Gasteiger partial charge is 0.433 e. The zero-order valence-corrected chi connectivity index (χ0v) is 14.0. The second kappa shape index (κ2) is 6.57. The van der Waals surface area contributed by atoms with E-state index in [-0.39, 0.29) is 29.3 Å². The summed E-state index contributed by atoms with van der Waals surface area (Å²) in [6.07, 6.45) is -2.11. The van der Waals surface area contributed by atoms with E-state index in [0.717, 1.165) is 11.9 Å². The van der Waals surface area contributed by atoms with Crippen molar-refractivity contribution in [2.75, 3.05) is 0 Å². The van der Waals surface area contributed by atoms with E-state index in [1.807, 2.05) is 13.8 Å². The maximum absolute atomic E-state index is 12.9. The first-order chi connectivity index (χ1) is 11.8. The van der Waals surface area contributed by atoms with Crippen molar-refractivity contribution in [2.24, 2.45) is 0 Å². The molecule has 0 radical (unpaired) electrons. The number of hydrogen-bond donors (Lipinski definition) is 0. The van der Waals surface area contributed by atoms with Crippen molar-refractivity contribution in [2.45, 2.75) is 57.7 Å². The molecule has 0 aliphatic heterocycles. The smallest absolute Gasteiger partial charge is 0.300 e. The molecular formula is C17H19F3N4O. The Morgan fingerprint density at radius 2 is 1.84 bits per heavy atom. The van der Waals surface area contributed by atoms with Crippen LogP contribution in [0.15, 0.2) is 18.2 Å². The van der Waals surface area contributed by atoms with Gasteiger partial charge in [0.1, 0.15) is 23.0 Å². The summed E-state index contributed by atoms with van der Waals surface area (Å²) in [6, 6.07) is 3.72. The van der Waals surface area contributed by atoms with E-state index >= 15 is 0 Å². The van der Waals surface area contributed by atoms with Crippen LogP contribution in [0.5, 0.6) is 0 Å². The van der Waals surface area contributed by atoms with E-state index in [1.54, 1.807) is 4.68 Å². The van der Waals surface area contributed by atoms with Crippen molar-refractivity contribution >= 4 is 5.78 Å². The lowest BCUT2D eigenvalue weighted by Gasteiger charge is -2.21. The van der Waals surface area contributed by atoms with Crippen LogP contribution in [0.25, 0.3) is 11.5 Å². The van der Waals surface area contributed by atoms with Gasteiger partial charge >= 0.3 is 6.18 Å². The van der Waals surface area contributed by atoms with Gasteiger partial charge in [0, 0.05) is 24.8 Å². The van der Waals surface area contributed by atoms with Crippen molar-refractivity contribution in [1.82, 2.24) is 19.7 Å². The molecule has 5 nitrogen and oxygen atoms in total. The van der Waals surface area contributed by atoms with E-state index in [2.05, 4.69) is 15.1 Å². The molecule has 3 rings (SSSR count). The molecule has 1 saturated carbocycles. The SMILES string of the molecule is CC(C)n1nc(-c2cccc(C(F)(F)F)n2)nc1C1CCC(=O)CC1. The number of hydrogen-bond acceptors (Lipinski definition) is 4. The van der Waals surface area contributed by atoms with Gasteiger partial charge in [-0.3, -0.25) is 4.79 Å². The van der Waals surface area contributed by atoms with Gasteiger partial charge in [-0.25, -0.2) is 14.6 Å². The van der Waals surface area contributed by atoms with Gasteiger partial charge < -0.3 is 0 Å². The van der Waals surface area contributed by atoms with Crippen LogP contribution in [-0.4, -0.2) is 25.5 Å². The maximum Gasteiger partial charge on any atom is 0.433 e. The Labute approximate surface area is 143 Å². The van der Waals surface area contributed by atoms with Gasteiger partial charge in [0.05, 0.1) is 0 Å². The third kappa shape index (κ3) is 3.72. The van der Waals surface area contributed by atoms with Crippen molar-refractivity contribution < 1.29 is 18.0 Å². The van der Waals surface area contributed by atoms with Crippen LogP contribution >= 0.6 is 0 Å². The first-order valence-electron chi connectivity index (χ1n) is 8.28. The minimum absolute atomic E-state index is 0.0136. The summed E-state index contributed by atoms with van der Waals surface area (Å²) < 4.78 is 40.4. The summed E-state index contributed by atoms with van der Waals surface area (Å²) in [7, 11) is 0. The average Bonchev–Trinajstić information content (AvgIpc) is 3.00. The third-order valence-corrected chi connectivity index (χ3v) is 4.32. The number of aromatic nitrogens is 4. The minimum atomic E-state index is -4.51. The lowest BCUT2D eigenvalue weighted by atomic mass is 9.88. The molecule has 25 heavy (non-hydrogen) atoms. The number of Topliss-reactive ketones (excluding diaryl/α,β-unsaturated/α-hetero) is 1. The number of pyridine rings is 1. The average molecular weight is 352 g/mol. The molecule has 0 atom stereocenters. The zero-order chi connectivity index (χ0) is 18.2. The van der Waals surface area contributed by atoms with Crippen LogP contribution in [-0.2, 0) is 11.0 Å². The van der Waals surface area contributed by atoms with Crippen LogP contribution in [0.2, 0.25) is 0 Å². The number of alkyl halides is 3. The molecule has 2 heterocycles. The van der Waals surface area contributed by atoms with Gasteiger partial charge in [-0.1, -0.05) is 6.07 Å². The minimum Gasteiger partial charge on any atom is -0.300 e. The van der Waals surface area contributed by atoms with E-state index in [4.69, 9.17) is 0 Å². The Bertz CT molecular complexity index is 772. The lowest BCUT2D eigenvalue weighted by Crippen LogP contribution is -2.18. The second-order valence-corrected chi connectivity index (χ2v) is 6.55. The molecule has 0 unspecified atom stereocenters. The number of nitrogens with zero attached hydrogens (tertiary/aromatic N) is 4. The van der Waals surface area contributed by atoms with Gasteiger partial charge in [0.25, 0.3) is 0 Å². The Balaban J connectivity index is 1.98. The fourth-order valence-corrected chi connectivity index (χ4v) is 3.02. The van der Waals surface area contributed by atoms with Crippen LogP contribution in [0, 0.1) is 0 Å². The summed E-state index contributed by atoms with van der Waals surface area (Å²) in [5.41, 5.74) is -0.863. The number of halogens is 3. The van der Waals surface area contributed by atoms with Gasteiger partial charge in [0.15, 0.2) is 5.82 Å². The molecular weight excluding hydrogens is 333 g/mol.